The molecule has 0 bridgehead atoms. The molecule has 34 heavy (non-hydrogen) atoms. The van der Waals surface area contributed by atoms with Crippen LogP contribution in [0.5, 0.6) is 5.75 Å². The molecule has 0 amide bonds. The van der Waals surface area contributed by atoms with Crippen LogP contribution in [0.15, 0.2) is 47.9 Å². The molecule has 1 fully saturated rings. The molecule has 1 atom stereocenters. The van der Waals surface area contributed by atoms with Gasteiger partial charge in [0.25, 0.3) is 0 Å². The van der Waals surface area contributed by atoms with Crippen molar-refractivity contribution in [2.24, 2.45) is 16.1 Å². The van der Waals surface area contributed by atoms with Crippen molar-refractivity contribution in [3.05, 3.63) is 48.4 Å². The summed E-state index contributed by atoms with van der Waals surface area (Å²) in [7, 11) is 3.36. The molecule has 0 saturated carbocycles. The molecule has 1 saturated heterocycles. The van der Waals surface area contributed by atoms with Gasteiger partial charge in [-0.05, 0) is 37.1 Å². The van der Waals surface area contributed by atoms with Crippen LogP contribution in [0.2, 0.25) is 0 Å². The third-order valence-electron chi connectivity index (χ3n) is 6.13. The van der Waals surface area contributed by atoms with E-state index in [9.17, 15) is 0 Å². The van der Waals surface area contributed by atoms with E-state index in [0.717, 1.165) is 65.4 Å². The van der Waals surface area contributed by atoms with E-state index >= 15 is 0 Å². The minimum Gasteiger partial charge on any atom is -0.495 e. The lowest BCUT2D eigenvalue weighted by molar-refractivity contribution is 0.164. The average molecular weight is 462 g/mol. The number of nitrogens with two attached hydrogens (primary N) is 1. The van der Waals surface area contributed by atoms with Gasteiger partial charge in [-0.3, -0.25) is 4.99 Å². The second-order valence-corrected chi connectivity index (χ2v) is 8.69. The van der Waals surface area contributed by atoms with Gasteiger partial charge < -0.3 is 25.8 Å². The smallest absolute Gasteiger partial charge is 0.227 e. The van der Waals surface area contributed by atoms with Crippen LogP contribution in [-0.4, -0.2) is 54.6 Å². The predicted octanol–water partition coefficient (Wildman–Crippen LogP) is 4.01. The highest BCUT2D eigenvalue weighted by Crippen LogP contribution is 2.32. The number of methoxy groups -OCH3 is 1. The maximum atomic E-state index is 5.84. The minimum atomic E-state index is 0.0880. The van der Waals surface area contributed by atoms with Gasteiger partial charge in [0, 0.05) is 60.9 Å². The number of hydrogen-bond acceptors (Lipinski definition) is 9. The lowest BCUT2D eigenvalue weighted by atomic mass is 9.90. The van der Waals surface area contributed by atoms with Gasteiger partial charge in [-0.1, -0.05) is 13.0 Å². The van der Waals surface area contributed by atoms with Crippen LogP contribution in [0.25, 0.3) is 16.5 Å². The summed E-state index contributed by atoms with van der Waals surface area (Å²) in [4.78, 5) is 18.0. The molecule has 4 N–H and O–H groups in total. The Morgan fingerprint density at radius 2 is 2.18 bits per heavy atom. The van der Waals surface area contributed by atoms with E-state index in [1.165, 1.54) is 0 Å². The number of anilines is 3. The molecule has 4 rings (SSSR count). The number of pyridine rings is 1. The molecule has 1 unspecified atom stereocenters. The number of aromatic nitrogens is 3. The summed E-state index contributed by atoms with van der Waals surface area (Å²) in [6, 6.07) is 7.68. The van der Waals surface area contributed by atoms with Gasteiger partial charge in [0.15, 0.2) is 5.82 Å². The average Bonchev–Trinajstić information content (AvgIpc) is 3.30. The number of rotatable bonds is 8. The first-order valence-corrected chi connectivity index (χ1v) is 11.2. The van der Waals surface area contributed by atoms with Gasteiger partial charge in [0.1, 0.15) is 11.3 Å². The highest BCUT2D eigenvalue weighted by atomic mass is 16.5. The molecule has 0 radical (unpaired) electrons. The van der Waals surface area contributed by atoms with E-state index in [1.807, 2.05) is 31.2 Å². The van der Waals surface area contributed by atoms with Crippen molar-refractivity contribution in [2.45, 2.75) is 20.3 Å². The SMILES string of the molecule is CN=C(C)C(=CN)c1ccc(Nc2ncc3ccnc(NCC4(C)CCOC4)c3n2)c(OC)c1. The molecule has 1 aromatic carbocycles. The van der Waals surface area contributed by atoms with Gasteiger partial charge in [-0.15, -0.1) is 0 Å². The zero-order chi connectivity index (χ0) is 24.1. The van der Waals surface area contributed by atoms with E-state index in [-0.39, 0.29) is 5.41 Å². The Labute approximate surface area is 199 Å². The monoisotopic (exact) mass is 461 g/mol. The highest BCUT2D eigenvalue weighted by molar-refractivity contribution is 6.22. The second kappa shape index (κ2) is 10.0. The summed E-state index contributed by atoms with van der Waals surface area (Å²) in [5, 5.41) is 7.64. The van der Waals surface area contributed by atoms with Gasteiger partial charge in [0.05, 0.1) is 19.4 Å². The van der Waals surface area contributed by atoms with Gasteiger partial charge >= 0.3 is 0 Å². The summed E-state index contributed by atoms with van der Waals surface area (Å²) in [5.41, 5.74) is 10.0. The number of nitrogens with one attached hydrogen (secondary N) is 2. The maximum Gasteiger partial charge on any atom is 0.227 e. The lowest BCUT2D eigenvalue weighted by Crippen LogP contribution is -2.27. The third-order valence-corrected chi connectivity index (χ3v) is 6.13. The molecular weight excluding hydrogens is 430 g/mol. The fourth-order valence-electron chi connectivity index (χ4n) is 3.92. The number of benzene rings is 1. The van der Waals surface area contributed by atoms with Gasteiger partial charge in [-0.2, -0.15) is 0 Å². The van der Waals surface area contributed by atoms with Crippen LogP contribution in [0, 0.1) is 5.41 Å². The topological polar surface area (TPSA) is 120 Å². The molecule has 9 heteroatoms. The summed E-state index contributed by atoms with van der Waals surface area (Å²) in [5.74, 6) is 1.82. The Balaban J connectivity index is 1.60. The Hall–Kier alpha value is -3.72. The van der Waals surface area contributed by atoms with Crippen LogP contribution in [0.1, 0.15) is 25.8 Å². The molecule has 9 nitrogen and oxygen atoms in total. The molecule has 0 aliphatic carbocycles. The fourth-order valence-corrected chi connectivity index (χ4v) is 3.92. The largest absolute Gasteiger partial charge is 0.495 e. The summed E-state index contributed by atoms with van der Waals surface area (Å²) < 4.78 is 11.2. The van der Waals surface area contributed by atoms with Crippen molar-refractivity contribution < 1.29 is 9.47 Å². The molecule has 1 aliphatic heterocycles. The van der Waals surface area contributed by atoms with Crippen LogP contribution in [0.4, 0.5) is 17.5 Å². The summed E-state index contributed by atoms with van der Waals surface area (Å²) in [6.07, 6.45) is 6.12. The van der Waals surface area contributed by atoms with Crippen molar-refractivity contribution >= 4 is 39.6 Å². The van der Waals surface area contributed by atoms with Gasteiger partial charge in [-0.25, -0.2) is 15.0 Å². The van der Waals surface area contributed by atoms with Crippen LogP contribution in [0.3, 0.4) is 0 Å². The molecule has 2 aromatic heterocycles. The third kappa shape index (κ3) is 4.94. The van der Waals surface area contributed by atoms with Crippen molar-refractivity contribution in [3.8, 4) is 5.75 Å². The van der Waals surface area contributed by atoms with E-state index < -0.39 is 0 Å². The van der Waals surface area contributed by atoms with Crippen molar-refractivity contribution in [2.75, 3.05) is 44.5 Å². The number of nitrogens with zero attached hydrogens (tertiary/aromatic N) is 4. The molecule has 0 spiro atoms. The van der Waals surface area contributed by atoms with Crippen LogP contribution < -0.4 is 21.1 Å². The first-order valence-electron chi connectivity index (χ1n) is 11.2. The number of ether oxygens (including phenoxy) is 2. The number of allylic oxidation sites excluding steroid dienone is 1. The minimum absolute atomic E-state index is 0.0880. The van der Waals surface area contributed by atoms with E-state index in [0.29, 0.717) is 11.7 Å². The summed E-state index contributed by atoms with van der Waals surface area (Å²) >= 11 is 0. The first kappa shape index (κ1) is 23.4. The molecule has 3 heterocycles. The van der Waals surface area contributed by atoms with Crippen molar-refractivity contribution in [3.63, 3.8) is 0 Å². The maximum absolute atomic E-state index is 5.84. The molecule has 178 valence electrons. The molecule has 3 aromatic rings. The normalized spacial score (nSPS) is 18.8. The Kier molecular flexibility index (Phi) is 6.93. The summed E-state index contributed by atoms with van der Waals surface area (Å²) in [6.45, 7) is 6.44. The van der Waals surface area contributed by atoms with Gasteiger partial charge in [0.2, 0.25) is 5.95 Å². The quantitative estimate of drug-likeness (QED) is 0.431. The fraction of sp³-hybridized carbons (Fsp3) is 0.360. The second-order valence-electron chi connectivity index (χ2n) is 8.69. The van der Waals surface area contributed by atoms with Crippen molar-refractivity contribution in [1.82, 2.24) is 15.0 Å². The number of fused-ring (bicyclic) bond motifs is 1. The molecule has 1 aliphatic rings. The Morgan fingerprint density at radius 3 is 2.88 bits per heavy atom. The standard InChI is InChI=1S/C25H31N7O2/c1-16(27-3)19(12-26)17-5-6-20(21(11-17)33-4)31-24-29-13-18-7-9-28-23(22(18)32-24)30-14-25(2)8-10-34-15-25/h5-7,9,11-13H,8,10,14-15,26H2,1-4H3,(H,28,30)(H,29,31,32). The zero-order valence-corrected chi connectivity index (χ0v) is 20.1. The lowest BCUT2D eigenvalue weighted by Gasteiger charge is -2.22. The first-order chi connectivity index (χ1) is 16.5. The number of hydrogen-bond donors (Lipinski definition) is 3. The Morgan fingerprint density at radius 1 is 1.32 bits per heavy atom. The van der Waals surface area contributed by atoms with Crippen LogP contribution >= 0.6 is 0 Å². The predicted molar refractivity (Wildman–Crippen MR) is 137 cm³/mol. The zero-order valence-electron chi connectivity index (χ0n) is 20.1. The van der Waals surface area contributed by atoms with E-state index in [4.69, 9.17) is 20.2 Å². The molecular formula is C25H31N7O2. The highest BCUT2D eigenvalue weighted by Gasteiger charge is 2.29. The van der Waals surface area contributed by atoms with Crippen LogP contribution in [-0.2, 0) is 4.74 Å². The number of aliphatic imine (C=N–C) groups is 1. The van der Waals surface area contributed by atoms with E-state index in [2.05, 4.69) is 32.5 Å². The Bertz CT molecular complexity index is 1230. The van der Waals surface area contributed by atoms with Crippen molar-refractivity contribution in [1.29, 1.82) is 0 Å². The van der Waals surface area contributed by atoms with E-state index in [1.54, 1.807) is 32.8 Å².